The molecule has 0 bridgehead atoms. The third-order valence-corrected chi connectivity index (χ3v) is 10.9. The third-order valence-electron chi connectivity index (χ3n) is 10.9. The molecule has 0 aromatic rings. The minimum atomic E-state index is -0.808. The molecule has 6 heteroatoms. The summed E-state index contributed by atoms with van der Waals surface area (Å²) in [4.78, 5) is 38.0. The van der Waals surface area contributed by atoms with E-state index >= 15 is 0 Å². The molecule has 0 aromatic heterocycles. The Morgan fingerprint density at radius 1 is 0.338 bits per heavy atom. The molecule has 0 aliphatic carbocycles. The normalized spacial score (nSPS) is 13.0. The van der Waals surface area contributed by atoms with Crippen LogP contribution in [0.3, 0.4) is 0 Å². The zero-order valence-electron chi connectivity index (χ0n) is 42.0. The first-order valence-electron chi connectivity index (χ1n) is 26.5. The summed E-state index contributed by atoms with van der Waals surface area (Å²) in [5.41, 5.74) is 0. The Labute approximate surface area is 400 Å². The van der Waals surface area contributed by atoms with E-state index in [4.69, 9.17) is 14.2 Å². The number of unbranched alkanes of at least 4 members (excludes halogenated alkanes) is 21. The van der Waals surface area contributed by atoms with E-state index in [1.165, 1.54) is 51.4 Å². The van der Waals surface area contributed by atoms with Crippen molar-refractivity contribution in [3.05, 3.63) is 109 Å². The van der Waals surface area contributed by atoms with Gasteiger partial charge in [0.15, 0.2) is 6.10 Å². The summed E-state index contributed by atoms with van der Waals surface area (Å²) in [6, 6.07) is 0. The Morgan fingerprint density at radius 3 is 1.14 bits per heavy atom. The molecule has 368 valence electrons. The third kappa shape index (κ3) is 50.9. The van der Waals surface area contributed by atoms with Crippen molar-refractivity contribution in [2.45, 2.75) is 232 Å². The van der Waals surface area contributed by atoms with Gasteiger partial charge in [0.05, 0.1) is 0 Å². The molecule has 0 aliphatic heterocycles. The molecule has 65 heavy (non-hydrogen) atoms. The lowest BCUT2D eigenvalue weighted by molar-refractivity contribution is -0.167. The van der Waals surface area contributed by atoms with Gasteiger partial charge in [-0.15, -0.1) is 0 Å². The van der Waals surface area contributed by atoms with Gasteiger partial charge in [0.25, 0.3) is 0 Å². The van der Waals surface area contributed by atoms with Gasteiger partial charge in [0.2, 0.25) is 0 Å². The number of hydrogen-bond acceptors (Lipinski definition) is 6. The molecule has 6 nitrogen and oxygen atoms in total. The summed E-state index contributed by atoms with van der Waals surface area (Å²) < 4.78 is 16.8. The maximum absolute atomic E-state index is 12.8. The van der Waals surface area contributed by atoms with Crippen molar-refractivity contribution in [3.8, 4) is 0 Å². The van der Waals surface area contributed by atoms with Gasteiger partial charge in [-0.05, 0) is 96.3 Å². The van der Waals surface area contributed by atoms with Crippen molar-refractivity contribution < 1.29 is 28.6 Å². The molecule has 0 spiro atoms. The molecule has 0 N–H and O–H groups in total. The first-order chi connectivity index (χ1) is 32.0. The van der Waals surface area contributed by atoms with Gasteiger partial charge in [-0.1, -0.05) is 220 Å². The summed E-state index contributed by atoms with van der Waals surface area (Å²) in [5, 5.41) is 0. The predicted octanol–water partition coefficient (Wildman–Crippen LogP) is 17.5. The molecule has 1 unspecified atom stereocenters. The van der Waals surface area contributed by atoms with Crippen molar-refractivity contribution in [2.24, 2.45) is 0 Å². The molecular formula is C59H96O6. The van der Waals surface area contributed by atoms with E-state index < -0.39 is 6.10 Å². The molecule has 0 aromatic carbocycles. The van der Waals surface area contributed by atoms with E-state index in [0.717, 1.165) is 135 Å². The highest BCUT2D eigenvalue weighted by Gasteiger charge is 2.19. The lowest BCUT2D eigenvalue weighted by Gasteiger charge is -2.18. The molecule has 0 aliphatic rings. The van der Waals surface area contributed by atoms with Crippen LogP contribution in [-0.4, -0.2) is 37.2 Å². The largest absolute Gasteiger partial charge is 0.462 e. The first-order valence-corrected chi connectivity index (χ1v) is 26.5. The fourth-order valence-electron chi connectivity index (χ4n) is 6.93. The lowest BCUT2D eigenvalue weighted by atomic mass is 10.1. The molecule has 1 atom stereocenters. The molecule has 0 rings (SSSR count). The fourth-order valence-corrected chi connectivity index (χ4v) is 6.93. The van der Waals surface area contributed by atoms with E-state index in [0.29, 0.717) is 19.3 Å². The number of ether oxygens (including phenoxy) is 3. The maximum Gasteiger partial charge on any atom is 0.306 e. The average Bonchev–Trinajstić information content (AvgIpc) is 3.30. The zero-order chi connectivity index (χ0) is 47.2. The van der Waals surface area contributed by atoms with Crippen molar-refractivity contribution in [3.63, 3.8) is 0 Å². The van der Waals surface area contributed by atoms with E-state index in [-0.39, 0.29) is 31.1 Å². The van der Waals surface area contributed by atoms with Gasteiger partial charge in [-0.3, -0.25) is 14.4 Å². The second-order valence-electron chi connectivity index (χ2n) is 17.1. The van der Waals surface area contributed by atoms with Gasteiger partial charge in [-0.25, -0.2) is 0 Å². The lowest BCUT2D eigenvalue weighted by Crippen LogP contribution is -2.30. The Morgan fingerprint density at radius 2 is 0.677 bits per heavy atom. The number of carbonyl (C=O) groups excluding carboxylic acids is 3. The predicted molar refractivity (Wildman–Crippen MR) is 279 cm³/mol. The SMILES string of the molecule is CC\C=C/C=C\C=C/C=C\CCCCCCCC(=O)OC(COC(=O)CCCCCC/C=C\C/C=C\C/C=C\CC)COC(=O)CCCCCCC/C=C\C=C/CCCCCCCCC. The number of hydrogen-bond donors (Lipinski definition) is 0. The highest BCUT2D eigenvalue weighted by molar-refractivity contribution is 5.71. The standard InChI is InChI=1S/C59H96O6/c1-4-7-10-13-16-19-22-25-28-29-30-32-34-37-40-43-46-49-52-58(61)64-55-56(54-63-57(60)51-48-45-42-39-36-33-27-24-21-18-15-12-9-6-3)65-59(62)53-50-47-44-41-38-35-31-26-23-20-17-14-11-8-5-2/h8-9,11-12,14,17-18,20-21,23,26-33,56H,4-7,10,13,15-16,19,22,24-25,34-55H2,1-3H3/b11-8-,12-9-,17-14-,21-18-,23-20-,29-28-,31-26-,32-30-,33-27-. The molecule has 0 fully saturated rings. The van der Waals surface area contributed by atoms with Crippen LogP contribution in [0.5, 0.6) is 0 Å². The monoisotopic (exact) mass is 901 g/mol. The van der Waals surface area contributed by atoms with Crippen molar-refractivity contribution in [1.29, 1.82) is 0 Å². The van der Waals surface area contributed by atoms with Gasteiger partial charge in [0, 0.05) is 19.3 Å². The van der Waals surface area contributed by atoms with Gasteiger partial charge < -0.3 is 14.2 Å². The molecular weight excluding hydrogens is 805 g/mol. The molecule has 0 saturated carbocycles. The van der Waals surface area contributed by atoms with Crippen LogP contribution in [0.2, 0.25) is 0 Å². The smallest absolute Gasteiger partial charge is 0.306 e. The summed E-state index contributed by atoms with van der Waals surface area (Å²) >= 11 is 0. The Kier molecular flexibility index (Phi) is 49.5. The van der Waals surface area contributed by atoms with Crippen molar-refractivity contribution >= 4 is 17.9 Å². The minimum absolute atomic E-state index is 0.105. The minimum Gasteiger partial charge on any atom is -0.462 e. The summed E-state index contributed by atoms with van der Waals surface area (Å²) in [6.07, 6.45) is 70.7. The molecule has 0 heterocycles. The quantitative estimate of drug-likeness (QED) is 0.0199. The molecule has 0 amide bonds. The second-order valence-corrected chi connectivity index (χ2v) is 17.1. The highest BCUT2D eigenvalue weighted by Crippen LogP contribution is 2.13. The van der Waals surface area contributed by atoms with Crippen LogP contribution in [-0.2, 0) is 28.6 Å². The van der Waals surface area contributed by atoms with Gasteiger partial charge in [-0.2, -0.15) is 0 Å². The number of rotatable bonds is 46. The van der Waals surface area contributed by atoms with Crippen molar-refractivity contribution in [1.82, 2.24) is 0 Å². The summed E-state index contributed by atoms with van der Waals surface area (Å²) in [5.74, 6) is -0.969. The number of carbonyl (C=O) groups is 3. The Balaban J connectivity index is 4.49. The van der Waals surface area contributed by atoms with Crippen LogP contribution in [0.25, 0.3) is 0 Å². The van der Waals surface area contributed by atoms with E-state index in [1.807, 2.05) is 24.3 Å². The van der Waals surface area contributed by atoms with Crippen LogP contribution < -0.4 is 0 Å². The fraction of sp³-hybridized carbons (Fsp3) is 0.644. The van der Waals surface area contributed by atoms with Crippen LogP contribution in [0.4, 0.5) is 0 Å². The van der Waals surface area contributed by atoms with Crippen molar-refractivity contribution in [2.75, 3.05) is 13.2 Å². The zero-order valence-corrected chi connectivity index (χ0v) is 42.0. The first kappa shape index (κ1) is 61.1. The molecule has 0 saturated heterocycles. The van der Waals surface area contributed by atoms with E-state index in [2.05, 4.69) is 106 Å². The van der Waals surface area contributed by atoms with Crippen LogP contribution in [0.1, 0.15) is 226 Å². The summed E-state index contributed by atoms with van der Waals surface area (Å²) in [6.45, 7) is 6.32. The summed E-state index contributed by atoms with van der Waals surface area (Å²) in [7, 11) is 0. The highest BCUT2D eigenvalue weighted by atomic mass is 16.6. The van der Waals surface area contributed by atoms with E-state index in [1.54, 1.807) is 0 Å². The Hall–Kier alpha value is -3.93. The topological polar surface area (TPSA) is 78.9 Å². The second kappa shape index (κ2) is 52.7. The van der Waals surface area contributed by atoms with Crippen LogP contribution >= 0.6 is 0 Å². The van der Waals surface area contributed by atoms with Crippen LogP contribution in [0, 0.1) is 0 Å². The number of esters is 3. The van der Waals surface area contributed by atoms with Gasteiger partial charge >= 0.3 is 17.9 Å². The number of allylic oxidation sites excluding steroid dienone is 18. The average molecular weight is 901 g/mol. The maximum atomic E-state index is 12.8. The van der Waals surface area contributed by atoms with Crippen LogP contribution in [0.15, 0.2) is 109 Å². The van der Waals surface area contributed by atoms with E-state index in [9.17, 15) is 14.4 Å². The molecule has 0 radical (unpaired) electrons. The van der Waals surface area contributed by atoms with Gasteiger partial charge in [0.1, 0.15) is 13.2 Å². The Bertz CT molecular complexity index is 1360.